The molecule has 2 aromatic rings. The second-order valence-electron chi connectivity index (χ2n) is 6.60. The van der Waals surface area contributed by atoms with Gasteiger partial charge in [0.1, 0.15) is 0 Å². The number of hydrogen-bond donors (Lipinski definition) is 1. The summed E-state index contributed by atoms with van der Waals surface area (Å²) in [5.41, 5.74) is 1.04. The molecule has 21 heavy (non-hydrogen) atoms. The number of aromatic nitrogens is 2. The maximum atomic E-state index is 9.94. The Bertz CT molecular complexity index is 666. The standard InChI is InChI=1S/C14H20B2N2O3/c1-13(2)14(3,4)21-16(20-13)11-9-18(15(5)19)12-6-7-17-8-10(11)12/h6-9,19H,1-5H3. The first-order chi connectivity index (χ1) is 9.73. The van der Waals surface area contributed by atoms with Crippen LogP contribution in [0, 0.1) is 0 Å². The largest absolute Gasteiger partial charge is 0.497 e. The minimum atomic E-state index is -0.619. The summed E-state index contributed by atoms with van der Waals surface area (Å²) in [6, 6.07) is 1.89. The van der Waals surface area contributed by atoms with Gasteiger partial charge in [0, 0.05) is 28.8 Å². The summed E-state index contributed by atoms with van der Waals surface area (Å²) in [4.78, 5) is 4.18. The monoisotopic (exact) mass is 286 g/mol. The first-order valence-electron chi connectivity index (χ1n) is 7.21. The molecule has 0 bridgehead atoms. The lowest BCUT2D eigenvalue weighted by Gasteiger charge is -2.32. The van der Waals surface area contributed by atoms with Gasteiger partial charge in [-0.05, 0) is 46.8 Å². The van der Waals surface area contributed by atoms with E-state index < -0.39 is 14.2 Å². The van der Waals surface area contributed by atoms with Gasteiger partial charge in [-0.15, -0.1) is 0 Å². The van der Waals surface area contributed by atoms with E-state index in [-0.39, 0.29) is 11.2 Å². The number of nitrogens with zero attached hydrogens (tertiary/aromatic N) is 2. The number of rotatable bonds is 2. The lowest BCUT2D eigenvalue weighted by Crippen LogP contribution is -2.41. The second kappa shape index (κ2) is 4.60. The van der Waals surface area contributed by atoms with Crippen LogP contribution in [0.5, 0.6) is 0 Å². The number of fused-ring (bicyclic) bond motifs is 1. The Hall–Kier alpha value is -1.30. The highest BCUT2D eigenvalue weighted by atomic mass is 16.7. The summed E-state index contributed by atoms with van der Waals surface area (Å²) in [5.74, 6) is 0. The van der Waals surface area contributed by atoms with E-state index in [9.17, 15) is 5.02 Å². The highest BCUT2D eigenvalue weighted by Gasteiger charge is 2.52. The summed E-state index contributed by atoms with van der Waals surface area (Å²) in [5, 5.41) is 10.9. The predicted molar refractivity (Wildman–Crippen MR) is 84.7 cm³/mol. The zero-order chi connectivity index (χ0) is 15.4. The molecule has 110 valence electrons. The van der Waals surface area contributed by atoms with Crippen molar-refractivity contribution < 1.29 is 14.3 Å². The fraction of sp³-hybridized carbons (Fsp3) is 0.500. The van der Waals surface area contributed by atoms with Crippen molar-refractivity contribution >= 4 is 30.5 Å². The molecule has 2 aromatic heterocycles. The van der Waals surface area contributed by atoms with E-state index in [1.54, 1.807) is 23.7 Å². The van der Waals surface area contributed by atoms with Crippen molar-refractivity contribution in [1.82, 2.24) is 9.46 Å². The van der Waals surface area contributed by atoms with Crippen LogP contribution in [-0.2, 0) is 9.31 Å². The quantitative estimate of drug-likeness (QED) is 0.845. The van der Waals surface area contributed by atoms with Gasteiger partial charge in [0.25, 0.3) is 0 Å². The summed E-state index contributed by atoms with van der Waals surface area (Å²) >= 11 is 0. The van der Waals surface area contributed by atoms with Gasteiger partial charge < -0.3 is 18.8 Å². The number of pyridine rings is 1. The molecule has 1 aliphatic heterocycles. The van der Waals surface area contributed by atoms with Crippen molar-refractivity contribution in [2.24, 2.45) is 0 Å². The van der Waals surface area contributed by atoms with Crippen LogP contribution in [0.3, 0.4) is 0 Å². The van der Waals surface area contributed by atoms with E-state index in [4.69, 9.17) is 9.31 Å². The van der Waals surface area contributed by atoms with Crippen molar-refractivity contribution in [3.05, 3.63) is 24.7 Å². The molecule has 1 saturated heterocycles. The Labute approximate surface area is 125 Å². The van der Waals surface area contributed by atoms with E-state index in [2.05, 4.69) is 4.98 Å². The molecule has 1 aliphatic rings. The Morgan fingerprint density at radius 1 is 1.24 bits per heavy atom. The first kappa shape index (κ1) is 14.6. The molecular formula is C14H20B2N2O3. The average molecular weight is 286 g/mol. The first-order valence-corrected chi connectivity index (χ1v) is 7.21. The Balaban J connectivity index is 2.10. The fourth-order valence-corrected chi connectivity index (χ4v) is 2.59. The third-order valence-corrected chi connectivity index (χ3v) is 4.58. The second-order valence-corrected chi connectivity index (χ2v) is 6.60. The van der Waals surface area contributed by atoms with Gasteiger partial charge in [0.15, 0.2) is 0 Å². The van der Waals surface area contributed by atoms with Crippen LogP contribution in [0.25, 0.3) is 10.9 Å². The molecule has 0 unspecified atom stereocenters. The number of hydrogen-bond acceptors (Lipinski definition) is 4. The molecule has 0 aromatic carbocycles. The molecule has 0 aliphatic carbocycles. The fourth-order valence-electron chi connectivity index (χ4n) is 2.59. The van der Waals surface area contributed by atoms with E-state index >= 15 is 0 Å². The van der Waals surface area contributed by atoms with Gasteiger partial charge in [-0.1, -0.05) is 0 Å². The molecular weight excluding hydrogens is 266 g/mol. The van der Waals surface area contributed by atoms with E-state index in [0.29, 0.717) is 0 Å². The van der Waals surface area contributed by atoms with Crippen LogP contribution in [-0.4, -0.2) is 39.9 Å². The van der Waals surface area contributed by atoms with Crippen LogP contribution < -0.4 is 5.46 Å². The summed E-state index contributed by atoms with van der Waals surface area (Å²) < 4.78 is 14.0. The molecule has 1 fully saturated rings. The SMILES string of the molecule is CB(O)n1cc(B2OC(C)(C)C(C)(C)O2)c2cnccc21. The van der Waals surface area contributed by atoms with Crippen molar-refractivity contribution in [3.8, 4) is 0 Å². The van der Waals surface area contributed by atoms with E-state index in [0.717, 1.165) is 16.4 Å². The van der Waals surface area contributed by atoms with Gasteiger partial charge in [0.05, 0.1) is 11.2 Å². The van der Waals surface area contributed by atoms with E-state index in [1.165, 1.54) is 0 Å². The normalized spacial score (nSPS) is 20.2. The highest BCUT2D eigenvalue weighted by Crippen LogP contribution is 2.37. The van der Waals surface area contributed by atoms with Crippen LogP contribution in [0.2, 0.25) is 6.82 Å². The molecule has 5 nitrogen and oxygen atoms in total. The van der Waals surface area contributed by atoms with Gasteiger partial charge in [-0.3, -0.25) is 4.98 Å². The van der Waals surface area contributed by atoms with Gasteiger partial charge in [-0.25, -0.2) is 0 Å². The topological polar surface area (TPSA) is 56.5 Å². The van der Waals surface area contributed by atoms with Crippen LogP contribution in [0.1, 0.15) is 27.7 Å². The van der Waals surface area contributed by atoms with Gasteiger partial charge >= 0.3 is 14.2 Å². The van der Waals surface area contributed by atoms with Crippen molar-refractivity contribution in [2.45, 2.75) is 45.7 Å². The Morgan fingerprint density at radius 3 is 2.43 bits per heavy atom. The molecule has 0 amide bonds. The molecule has 0 saturated carbocycles. The summed E-state index contributed by atoms with van der Waals surface area (Å²) in [6.45, 7) is 9.84. The van der Waals surface area contributed by atoms with Crippen LogP contribution >= 0.6 is 0 Å². The minimum Gasteiger partial charge on any atom is -0.432 e. The molecule has 0 radical (unpaired) electrons. The lowest BCUT2D eigenvalue weighted by molar-refractivity contribution is 0.00578. The van der Waals surface area contributed by atoms with Crippen molar-refractivity contribution in [3.63, 3.8) is 0 Å². The molecule has 3 heterocycles. The third-order valence-electron chi connectivity index (χ3n) is 4.58. The molecule has 0 spiro atoms. The van der Waals surface area contributed by atoms with Crippen molar-refractivity contribution in [2.75, 3.05) is 0 Å². The van der Waals surface area contributed by atoms with Crippen LogP contribution in [0.15, 0.2) is 24.7 Å². The Morgan fingerprint density at radius 2 is 1.86 bits per heavy atom. The average Bonchev–Trinajstić information content (AvgIpc) is 2.85. The smallest absolute Gasteiger partial charge is 0.432 e. The van der Waals surface area contributed by atoms with E-state index in [1.807, 2.05) is 40.0 Å². The van der Waals surface area contributed by atoms with Gasteiger partial charge in [-0.2, -0.15) is 0 Å². The molecule has 7 heteroatoms. The minimum absolute atomic E-state index is 0.390. The molecule has 1 N–H and O–H groups in total. The highest BCUT2D eigenvalue weighted by molar-refractivity contribution is 6.66. The summed E-state index contributed by atoms with van der Waals surface area (Å²) in [6.07, 6.45) is 5.39. The maximum absolute atomic E-state index is 9.94. The third kappa shape index (κ3) is 2.20. The van der Waals surface area contributed by atoms with Gasteiger partial charge in [0.2, 0.25) is 0 Å². The molecule has 0 atom stereocenters. The Kier molecular flexibility index (Phi) is 3.20. The predicted octanol–water partition coefficient (Wildman–Crippen LogP) is 1.29. The summed E-state index contributed by atoms with van der Waals surface area (Å²) in [7, 11) is -1.08. The van der Waals surface area contributed by atoms with Crippen LogP contribution in [0.4, 0.5) is 0 Å². The maximum Gasteiger partial charge on any atom is 0.497 e. The molecule has 3 rings (SSSR count). The van der Waals surface area contributed by atoms with Crippen molar-refractivity contribution in [1.29, 1.82) is 0 Å². The zero-order valence-electron chi connectivity index (χ0n) is 13.1. The zero-order valence-corrected chi connectivity index (χ0v) is 13.1. The lowest BCUT2D eigenvalue weighted by atomic mass is 9.79.